The number of aryl methyl sites for hydroxylation is 1. The third kappa shape index (κ3) is 4.08. The molecule has 0 saturated heterocycles. The number of nitrogens with one attached hydrogen (secondary N) is 2. The Labute approximate surface area is 124 Å². The molecule has 5 nitrogen and oxygen atoms in total. The van der Waals surface area contributed by atoms with Gasteiger partial charge >= 0.3 is 0 Å². The molecule has 1 aromatic rings. The number of halogens is 1. The number of H-pyrrole nitrogens is 1. The maximum absolute atomic E-state index is 12.0. The molecular formula is C14H22ClN3O2. The number of pyridine rings is 1. The maximum Gasteiger partial charge on any atom is 0.260 e. The van der Waals surface area contributed by atoms with Crippen LogP contribution in [0.4, 0.5) is 0 Å². The smallest absolute Gasteiger partial charge is 0.260 e. The van der Waals surface area contributed by atoms with E-state index in [0.717, 1.165) is 31.4 Å². The first-order valence-electron chi connectivity index (χ1n) is 6.77. The van der Waals surface area contributed by atoms with Gasteiger partial charge in [-0.1, -0.05) is 19.3 Å². The zero-order valence-corrected chi connectivity index (χ0v) is 12.5. The summed E-state index contributed by atoms with van der Waals surface area (Å²) in [6.45, 7) is 2.21. The summed E-state index contributed by atoms with van der Waals surface area (Å²) in [6, 6.07) is 3.27. The Morgan fingerprint density at radius 3 is 2.60 bits per heavy atom. The second-order valence-electron chi connectivity index (χ2n) is 5.49. The van der Waals surface area contributed by atoms with E-state index in [1.807, 2.05) is 0 Å². The number of aromatic nitrogens is 1. The third-order valence-corrected chi connectivity index (χ3v) is 3.75. The molecule has 0 aromatic carbocycles. The van der Waals surface area contributed by atoms with Crippen molar-refractivity contribution in [2.75, 3.05) is 6.54 Å². The van der Waals surface area contributed by atoms with Crippen LogP contribution in [0.2, 0.25) is 0 Å². The van der Waals surface area contributed by atoms with Crippen LogP contribution in [0, 0.1) is 6.92 Å². The van der Waals surface area contributed by atoms with Gasteiger partial charge in [-0.2, -0.15) is 0 Å². The molecule has 6 heteroatoms. The van der Waals surface area contributed by atoms with Crippen LogP contribution < -0.4 is 16.6 Å². The van der Waals surface area contributed by atoms with Gasteiger partial charge in [0.1, 0.15) is 5.56 Å². The van der Waals surface area contributed by atoms with Crippen LogP contribution in [0.15, 0.2) is 16.9 Å². The Morgan fingerprint density at radius 1 is 1.35 bits per heavy atom. The fourth-order valence-corrected chi connectivity index (χ4v) is 2.54. The van der Waals surface area contributed by atoms with Crippen LogP contribution in [-0.4, -0.2) is 23.0 Å². The van der Waals surface area contributed by atoms with Gasteiger partial charge in [-0.15, -0.1) is 12.4 Å². The molecule has 1 heterocycles. The molecule has 4 N–H and O–H groups in total. The first kappa shape index (κ1) is 16.7. The number of amides is 1. The van der Waals surface area contributed by atoms with Crippen LogP contribution >= 0.6 is 12.4 Å². The highest BCUT2D eigenvalue weighted by molar-refractivity contribution is 5.93. The average molecular weight is 300 g/mol. The SMILES string of the molecule is Cc1ccc(C(=O)NCC2(N)CCCCC2)c(=O)[nH]1.Cl. The molecular weight excluding hydrogens is 278 g/mol. The molecule has 0 bridgehead atoms. The Hall–Kier alpha value is -1.33. The van der Waals surface area contributed by atoms with Gasteiger partial charge in [0.05, 0.1) is 0 Å². The van der Waals surface area contributed by atoms with Gasteiger partial charge in [0, 0.05) is 17.8 Å². The fraction of sp³-hybridized carbons (Fsp3) is 0.571. The molecule has 20 heavy (non-hydrogen) atoms. The lowest BCUT2D eigenvalue weighted by Gasteiger charge is -2.33. The van der Waals surface area contributed by atoms with Gasteiger partial charge < -0.3 is 16.0 Å². The van der Waals surface area contributed by atoms with E-state index in [9.17, 15) is 9.59 Å². The molecule has 1 saturated carbocycles. The van der Waals surface area contributed by atoms with Crippen LogP contribution in [0.5, 0.6) is 0 Å². The van der Waals surface area contributed by atoms with Crippen molar-refractivity contribution in [1.82, 2.24) is 10.3 Å². The van der Waals surface area contributed by atoms with Crippen molar-refractivity contribution >= 4 is 18.3 Å². The van der Waals surface area contributed by atoms with Crippen LogP contribution in [0.1, 0.15) is 48.2 Å². The molecule has 0 radical (unpaired) electrons. The van der Waals surface area contributed by atoms with Crippen LogP contribution in [0.3, 0.4) is 0 Å². The normalized spacial score (nSPS) is 17.1. The van der Waals surface area contributed by atoms with Gasteiger partial charge in [-0.3, -0.25) is 9.59 Å². The summed E-state index contributed by atoms with van der Waals surface area (Å²) in [4.78, 5) is 26.3. The molecule has 1 amide bonds. The average Bonchev–Trinajstić information content (AvgIpc) is 2.37. The number of carbonyl (C=O) groups excluding carboxylic acids is 1. The topological polar surface area (TPSA) is 88.0 Å². The van der Waals surface area contributed by atoms with Crippen molar-refractivity contribution < 1.29 is 4.79 Å². The van der Waals surface area contributed by atoms with E-state index < -0.39 is 0 Å². The molecule has 1 aliphatic rings. The highest BCUT2D eigenvalue weighted by atomic mass is 35.5. The van der Waals surface area contributed by atoms with Gasteiger partial charge in [0.2, 0.25) is 0 Å². The minimum absolute atomic E-state index is 0. The standard InChI is InChI=1S/C14H21N3O2.ClH/c1-10-5-6-11(13(19)17-10)12(18)16-9-14(15)7-3-2-4-8-14;/h5-6H,2-4,7-9,15H2,1H3,(H,16,18)(H,17,19);1H. The lowest BCUT2D eigenvalue weighted by molar-refractivity contribution is 0.0936. The lowest BCUT2D eigenvalue weighted by atomic mass is 9.82. The minimum Gasteiger partial charge on any atom is -0.350 e. The summed E-state index contributed by atoms with van der Waals surface area (Å²) in [5, 5.41) is 2.79. The van der Waals surface area contributed by atoms with E-state index in [1.54, 1.807) is 19.1 Å². The van der Waals surface area contributed by atoms with E-state index in [0.29, 0.717) is 6.54 Å². The predicted octanol–water partition coefficient (Wildman–Crippen LogP) is 1.50. The predicted molar refractivity (Wildman–Crippen MR) is 81.4 cm³/mol. The fourth-order valence-electron chi connectivity index (χ4n) is 2.54. The zero-order valence-electron chi connectivity index (χ0n) is 11.7. The monoisotopic (exact) mass is 299 g/mol. The number of hydrogen-bond acceptors (Lipinski definition) is 3. The number of nitrogens with two attached hydrogens (primary N) is 1. The summed E-state index contributed by atoms with van der Waals surface area (Å²) in [6.07, 6.45) is 5.29. The largest absolute Gasteiger partial charge is 0.350 e. The van der Waals surface area contributed by atoms with E-state index >= 15 is 0 Å². The number of hydrogen-bond donors (Lipinski definition) is 3. The second-order valence-corrected chi connectivity index (χ2v) is 5.49. The second kappa shape index (κ2) is 6.90. The molecule has 0 unspecified atom stereocenters. The van der Waals surface area contributed by atoms with Crippen molar-refractivity contribution in [3.63, 3.8) is 0 Å². The van der Waals surface area contributed by atoms with Crippen LogP contribution in [-0.2, 0) is 0 Å². The molecule has 0 atom stereocenters. The summed E-state index contributed by atoms with van der Waals surface area (Å²) >= 11 is 0. The molecule has 1 aromatic heterocycles. The van der Waals surface area contributed by atoms with E-state index in [-0.39, 0.29) is 35.0 Å². The van der Waals surface area contributed by atoms with Gasteiger partial charge in [-0.05, 0) is 31.9 Å². The van der Waals surface area contributed by atoms with Crippen LogP contribution in [0.25, 0.3) is 0 Å². The van der Waals surface area contributed by atoms with Crippen molar-refractivity contribution in [1.29, 1.82) is 0 Å². The summed E-state index contributed by atoms with van der Waals surface area (Å²) < 4.78 is 0. The van der Waals surface area contributed by atoms with Crippen molar-refractivity contribution in [2.24, 2.45) is 5.73 Å². The first-order valence-corrected chi connectivity index (χ1v) is 6.77. The zero-order chi connectivity index (χ0) is 13.9. The Kier molecular flexibility index (Phi) is 5.77. The van der Waals surface area contributed by atoms with E-state index in [1.165, 1.54) is 6.42 Å². The highest BCUT2D eigenvalue weighted by Gasteiger charge is 2.28. The summed E-state index contributed by atoms with van der Waals surface area (Å²) in [5.74, 6) is -0.350. The Balaban J connectivity index is 0.00000200. The third-order valence-electron chi connectivity index (χ3n) is 3.75. The van der Waals surface area contributed by atoms with Crippen molar-refractivity contribution in [3.05, 3.63) is 33.7 Å². The maximum atomic E-state index is 12.0. The van der Waals surface area contributed by atoms with E-state index in [4.69, 9.17) is 5.73 Å². The van der Waals surface area contributed by atoms with E-state index in [2.05, 4.69) is 10.3 Å². The van der Waals surface area contributed by atoms with Crippen molar-refractivity contribution in [3.8, 4) is 0 Å². The number of carbonyl (C=O) groups is 1. The van der Waals surface area contributed by atoms with Gasteiger partial charge in [-0.25, -0.2) is 0 Å². The summed E-state index contributed by atoms with van der Waals surface area (Å²) in [5.41, 5.74) is 6.46. The molecule has 112 valence electrons. The minimum atomic E-state index is -0.354. The number of aromatic amines is 1. The quantitative estimate of drug-likeness (QED) is 0.790. The Bertz CT molecular complexity index is 521. The Morgan fingerprint density at radius 2 is 2.00 bits per heavy atom. The molecule has 1 fully saturated rings. The molecule has 0 spiro atoms. The molecule has 2 rings (SSSR count). The van der Waals surface area contributed by atoms with Crippen molar-refractivity contribution in [2.45, 2.75) is 44.6 Å². The van der Waals surface area contributed by atoms with Gasteiger partial charge in [0.25, 0.3) is 11.5 Å². The lowest BCUT2D eigenvalue weighted by Crippen LogP contribution is -2.51. The molecule has 0 aliphatic heterocycles. The van der Waals surface area contributed by atoms with Gasteiger partial charge in [0.15, 0.2) is 0 Å². The molecule has 1 aliphatic carbocycles. The first-order chi connectivity index (χ1) is 9.00. The highest BCUT2D eigenvalue weighted by Crippen LogP contribution is 2.25. The number of rotatable bonds is 3. The summed E-state index contributed by atoms with van der Waals surface area (Å²) in [7, 11) is 0.